The summed E-state index contributed by atoms with van der Waals surface area (Å²) in [4.78, 5) is 9.17. The number of nitrogens with one attached hydrogen (secondary N) is 1. The first-order valence-corrected chi connectivity index (χ1v) is 7.83. The summed E-state index contributed by atoms with van der Waals surface area (Å²) in [6.07, 6.45) is 2.68. The van der Waals surface area contributed by atoms with Gasteiger partial charge in [-0.05, 0) is 19.2 Å². The topological polar surface area (TPSA) is 37.8 Å². The summed E-state index contributed by atoms with van der Waals surface area (Å²) in [6, 6.07) is 16.5. The van der Waals surface area contributed by atoms with Crippen molar-refractivity contribution in [1.29, 1.82) is 0 Å². The van der Waals surface area contributed by atoms with E-state index in [1.165, 1.54) is 5.56 Å². The molecule has 0 aliphatic carbocycles. The van der Waals surface area contributed by atoms with Crippen molar-refractivity contribution in [1.82, 2.24) is 15.3 Å². The standard InChI is InChI=1S/C17H17N3S/c1-18-15(14-9-5-6-10-19-14)11-17-20-16(12-21-17)13-7-3-2-4-8-13/h2-10,12,15,18H,11H2,1H3. The molecule has 21 heavy (non-hydrogen) atoms. The molecule has 4 heteroatoms. The molecule has 1 unspecified atom stereocenters. The van der Waals surface area contributed by atoms with Gasteiger partial charge >= 0.3 is 0 Å². The Bertz CT molecular complexity index is 680. The smallest absolute Gasteiger partial charge is 0.0952 e. The number of pyridine rings is 1. The van der Waals surface area contributed by atoms with Gasteiger partial charge in [-0.1, -0.05) is 36.4 Å². The molecule has 2 aromatic heterocycles. The Hall–Kier alpha value is -2.04. The van der Waals surface area contributed by atoms with E-state index in [2.05, 4.69) is 27.8 Å². The van der Waals surface area contributed by atoms with Crippen molar-refractivity contribution >= 4 is 11.3 Å². The van der Waals surface area contributed by atoms with E-state index in [9.17, 15) is 0 Å². The highest BCUT2D eigenvalue weighted by Crippen LogP contribution is 2.24. The van der Waals surface area contributed by atoms with E-state index in [-0.39, 0.29) is 6.04 Å². The van der Waals surface area contributed by atoms with Crippen LogP contribution in [0.3, 0.4) is 0 Å². The first-order chi connectivity index (χ1) is 10.4. The average Bonchev–Trinajstić information content (AvgIpc) is 3.03. The van der Waals surface area contributed by atoms with Crippen LogP contribution in [0.15, 0.2) is 60.1 Å². The number of aromatic nitrogens is 2. The van der Waals surface area contributed by atoms with E-state index < -0.39 is 0 Å². The van der Waals surface area contributed by atoms with Gasteiger partial charge in [-0.2, -0.15) is 0 Å². The van der Waals surface area contributed by atoms with Crippen molar-refractivity contribution in [3.05, 3.63) is 70.8 Å². The van der Waals surface area contributed by atoms with E-state index >= 15 is 0 Å². The zero-order valence-corrected chi connectivity index (χ0v) is 12.7. The second-order valence-electron chi connectivity index (χ2n) is 4.79. The lowest BCUT2D eigenvalue weighted by atomic mass is 10.1. The predicted molar refractivity (Wildman–Crippen MR) is 87.3 cm³/mol. The van der Waals surface area contributed by atoms with Crippen LogP contribution < -0.4 is 5.32 Å². The summed E-state index contributed by atoms with van der Waals surface area (Å²) in [6.45, 7) is 0. The predicted octanol–water partition coefficient (Wildman–Crippen LogP) is 3.71. The molecule has 2 heterocycles. The summed E-state index contributed by atoms with van der Waals surface area (Å²) in [5.41, 5.74) is 3.27. The van der Waals surface area contributed by atoms with Crippen LogP contribution in [0, 0.1) is 0 Å². The molecule has 3 rings (SSSR count). The molecule has 1 aromatic carbocycles. The Balaban J connectivity index is 1.78. The van der Waals surface area contributed by atoms with E-state index in [0.29, 0.717) is 0 Å². The molecule has 0 spiro atoms. The molecule has 0 radical (unpaired) electrons. The number of hydrogen-bond acceptors (Lipinski definition) is 4. The van der Waals surface area contributed by atoms with Crippen molar-refractivity contribution in [2.45, 2.75) is 12.5 Å². The molecule has 3 nitrogen and oxygen atoms in total. The fourth-order valence-electron chi connectivity index (χ4n) is 2.26. The number of nitrogens with zero attached hydrogens (tertiary/aromatic N) is 2. The fourth-order valence-corrected chi connectivity index (χ4v) is 3.11. The molecule has 0 amide bonds. The van der Waals surface area contributed by atoms with Crippen LogP contribution in [0.25, 0.3) is 11.3 Å². The van der Waals surface area contributed by atoms with Gasteiger partial charge in [0.2, 0.25) is 0 Å². The Kier molecular flexibility index (Phi) is 4.38. The zero-order valence-electron chi connectivity index (χ0n) is 11.9. The first kappa shape index (κ1) is 13.9. The van der Waals surface area contributed by atoms with Gasteiger partial charge < -0.3 is 5.32 Å². The molecular formula is C17H17N3S. The molecule has 0 saturated carbocycles. The molecule has 0 fully saturated rings. The van der Waals surface area contributed by atoms with Crippen LogP contribution in [0.5, 0.6) is 0 Å². The van der Waals surface area contributed by atoms with Crippen LogP contribution in [-0.2, 0) is 6.42 Å². The number of rotatable bonds is 5. The van der Waals surface area contributed by atoms with E-state index in [1.807, 2.05) is 49.6 Å². The molecule has 0 bridgehead atoms. The van der Waals surface area contributed by atoms with E-state index in [0.717, 1.165) is 22.8 Å². The number of hydrogen-bond donors (Lipinski definition) is 1. The third-order valence-electron chi connectivity index (χ3n) is 3.39. The highest BCUT2D eigenvalue weighted by atomic mass is 32.1. The van der Waals surface area contributed by atoms with Crippen LogP contribution in [0.2, 0.25) is 0 Å². The molecular weight excluding hydrogens is 278 g/mol. The SMILES string of the molecule is CNC(Cc1nc(-c2ccccc2)cs1)c1ccccn1. The highest BCUT2D eigenvalue weighted by molar-refractivity contribution is 7.09. The van der Waals surface area contributed by atoms with Gasteiger partial charge in [0.1, 0.15) is 0 Å². The third-order valence-corrected chi connectivity index (χ3v) is 4.26. The number of benzene rings is 1. The minimum absolute atomic E-state index is 0.195. The normalized spacial score (nSPS) is 12.2. The monoisotopic (exact) mass is 295 g/mol. The summed E-state index contributed by atoms with van der Waals surface area (Å²) in [5.74, 6) is 0. The minimum atomic E-state index is 0.195. The second-order valence-corrected chi connectivity index (χ2v) is 5.74. The number of thiazole rings is 1. The number of likely N-dealkylation sites (N-methyl/N-ethyl adjacent to an activating group) is 1. The minimum Gasteiger partial charge on any atom is -0.311 e. The van der Waals surface area contributed by atoms with Gasteiger partial charge in [0, 0.05) is 23.6 Å². The Morgan fingerprint density at radius 3 is 2.62 bits per heavy atom. The van der Waals surface area contributed by atoms with E-state index in [4.69, 9.17) is 4.98 Å². The maximum Gasteiger partial charge on any atom is 0.0952 e. The van der Waals surface area contributed by atoms with Gasteiger partial charge in [0.05, 0.1) is 22.4 Å². The van der Waals surface area contributed by atoms with Gasteiger partial charge in [-0.25, -0.2) is 4.98 Å². The Morgan fingerprint density at radius 2 is 1.90 bits per heavy atom. The lowest BCUT2D eigenvalue weighted by Crippen LogP contribution is -2.19. The van der Waals surface area contributed by atoms with Crippen LogP contribution in [0.4, 0.5) is 0 Å². The van der Waals surface area contributed by atoms with Crippen LogP contribution in [0.1, 0.15) is 16.7 Å². The highest BCUT2D eigenvalue weighted by Gasteiger charge is 2.14. The Labute approximate surface area is 128 Å². The van der Waals surface area contributed by atoms with Crippen LogP contribution in [-0.4, -0.2) is 17.0 Å². The lowest BCUT2D eigenvalue weighted by molar-refractivity contribution is 0.574. The third kappa shape index (κ3) is 3.35. The molecule has 0 aliphatic heterocycles. The summed E-state index contributed by atoms with van der Waals surface area (Å²) >= 11 is 1.70. The van der Waals surface area contributed by atoms with Crippen LogP contribution >= 0.6 is 11.3 Å². The maximum atomic E-state index is 4.74. The van der Waals surface area contributed by atoms with Crippen molar-refractivity contribution in [3.8, 4) is 11.3 Å². The lowest BCUT2D eigenvalue weighted by Gasteiger charge is -2.13. The zero-order chi connectivity index (χ0) is 14.5. The van der Waals surface area contributed by atoms with Gasteiger partial charge in [-0.15, -0.1) is 11.3 Å². The van der Waals surface area contributed by atoms with Crippen molar-refractivity contribution in [2.24, 2.45) is 0 Å². The van der Waals surface area contributed by atoms with Crippen molar-refractivity contribution in [2.75, 3.05) is 7.05 Å². The average molecular weight is 295 g/mol. The maximum absolute atomic E-state index is 4.74. The van der Waals surface area contributed by atoms with E-state index in [1.54, 1.807) is 11.3 Å². The second kappa shape index (κ2) is 6.61. The first-order valence-electron chi connectivity index (χ1n) is 6.95. The Morgan fingerprint density at radius 1 is 1.10 bits per heavy atom. The molecule has 1 atom stereocenters. The molecule has 106 valence electrons. The van der Waals surface area contributed by atoms with Gasteiger partial charge in [0.15, 0.2) is 0 Å². The molecule has 1 N–H and O–H groups in total. The summed E-state index contributed by atoms with van der Waals surface area (Å²) in [7, 11) is 1.96. The van der Waals surface area contributed by atoms with Crippen molar-refractivity contribution in [3.63, 3.8) is 0 Å². The molecule has 3 aromatic rings. The van der Waals surface area contributed by atoms with Gasteiger partial charge in [0.25, 0.3) is 0 Å². The summed E-state index contributed by atoms with van der Waals surface area (Å²) < 4.78 is 0. The van der Waals surface area contributed by atoms with Crippen molar-refractivity contribution < 1.29 is 0 Å². The quantitative estimate of drug-likeness (QED) is 0.780. The molecule has 0 aliphatic rings. The summed E-state index contributed by atoms with van der Waals surface area (Å²) in [5, 5.41) is 6.56. The van der Waals surface area contributed by atoms with Gasteiger partial charge in [-0.3, -0.25) is 4.98 Å². The molecule has 0 saturated heterocycles. The largest absolute Gasteiger partial charge is 0.311 e. The fraction of sp³-hybridized carbons (Fsp3) is 0.176.